The Morgan fingerprint density at radius 3 is 2.39 bits per heavy atom. The van der Waals surface area contributed by atoms with Gasteiger partial charge in [0.1, 0.15) is 0 Å². The smallest absolute Gasteiger partial charge is 0.0738 e. The summed E-state index contributed by atoms with van der Waals surface area (Å²) in [7, 11) is 0. The molecule has 0 radical (unpaired) electrons. The van der Waals surface area contributed by atoms with Crippen molar-refractivity contribution >= 4 is 0 Å². The van der Waals surface area contributed by atoms with Gasteiger partial charge in [-0.1, -0.05) is 47.5 Å². The van der Waals surface area contributed by atoms with Crippen molar-refractivity contribution in [2.45, 2.75) is 66.1 Å². The molecular formula is C16H30N2. The van der Waals surface area contributed by atoms with Gasteiger partial charge in [0.2, 0.25) is 0 Å². The zero-order chi connectivity index (χ0) is 13.9. The third kappa shape index (κ3) is 3.49. The topological polar surface area (TPSA) is 15.3 Å². The molecule has 0 bridgehead atoms. The first-order valence-electron chi connectivity index (χ1n) is 7.26. The van der Waals surface area contributed by atoms with Gasteiger partial charge < -0.3 is 5.32 Å². The van der Waals surface area contributed by atoms with E-state index >= 15 is 0 Å². The zero-order valence-electron chi connectivity index (χ0n) is 13.0. The van der Waals surface area contributed by atoms with Crippen molar-refractivity contribution in [2.24, 2.45) is 11.3 Å². The maximum absolute atomic E-state index is 5.76. The maximum Gasteiger partial charge on any atom is 0.0738 e. The average Bonchev–Trinajstić information content (AvgIpc) is 2.28. The summed E-state index contributed by atoms with van der Waals surface area (Å²) in [5.41, 5.74) is 0.285. The first kappa shape index (κ1) is 15.5. The van der Waals surface area contributed by atoms with Crippen LogP contribution in [0.5, 0.6) is 0 Å². The fraction of sp³-hybridized carbons (Fsp3) is 0.875. The third-order valence-electron chi connectivity index (χ3n) is 4.14. The van der Waals surface area contributed by atoms with Crippen LogP contribution in [-0.2, 0) is 0 Å². The summed E-state index contributed by atoms with van der Waals surface area (Å²) in [6.07, 6.45) is 6.93. The molecule has 1 aliphatic heterocycles. The number of piperazine rings is 1. The molecule has 2 nitrogen and oxygen atoms in total. The van der Waals surface area contributed by atoms with E-state index < -0.39 is 0 Å². The average molecular weight is 250 g/mol. The molecule has 104 valence electrons. The summed E-state index contributed by atoms with van der Waals surface area (Å²) < 4.78 is 0. The van der Waals surface area contributed by atoms with Gasteiger partial charge in [0.05, 0.1) is 6.04 Å². The molecule has 0 aromatic rings. The van der Waals surface area contributed by atoms with E-state index in [9.17, 15) is 0 Å². The lowest BCUT2D eigenvalue weighted by Crippen LogP contribution is -2.63. The minimum absolute atomic E-state index is 0.266. The summed E-state index contributed by atoms with van der Waals surface area (Å²) in [5.74, 6) is 3.52. The van der Waals surface area contributed by atoms with Crippen LogP contribution < -0.4 is 5.32 Å². The molecule has 1 saturated heterocycles. The van der Waals surface area contributed by atoms with E-state index in [0.717, 1.165) is 19.5 Å². The molecule has 0 aromatic carbocycles. The van der Waals surface area contributed by atoms with E-state index in [4.69, 9.17) is 6.42 Å². The molecule has 1 aliphatic rings. The van der Waals surface area contributed by atoms with Gasteiger partial charge in [0.25, 0.3) is 0 Å². The fourth-order valence-electron chi connectivity index (χ4n) is 2.79. The molecule has 1 fully saturated rings. The lowest BCUT2D eigenvalue weighted by atomic mass is 9.83. The van der Waals surface area contributed by atoms with E-state index in [2.05, 4.69) is 57.7 Å². The first-order valence-corrected chi connectivity index (χ1v) is 7.26. The maximum atomic E-state index is 5.76. The van der Waals surface area contributed by atoms with Gasteiger partial charge in [-0.15, -0.1) is 6.42 Å². The van der Waals surface area contributed by atoms with Gasteiger partial charge in [-0.3, -0.25) is 4.90 Å². The Bertz CT molecular complexity index is 295. The van der Waals surface area contributed by atoms with Gasteiger partial charge in [0.15, 0.2) is 0 Å². The van der Waals surface area contributed by atoms with E-state index in [1.54, 1.807) is 0 Å². The van der Waals surface area contributed by atoms with Crippen LogP contribution in [0.2, 0.25) is 0 Å². The second-order valence-corrected chi connectivity index (χ2v) is 6.94. The highest BCUT2D eigenvalue weighted by Gasteiger charge is 2.36. The molecule has 18 heavy (non-hydrogen) atoms. The Morgan fingerprint density at radius 1 is 1.39 bits per heavy atom. The third-order valence-corrected chi connectivity index (χ3v) is 4.14. The Balaban J connectivity index is 2.86. The second-order valence-electron chi connectivity index (χ2n) is 6.94. The molecule has 0 amide bonds. The molecule has 3 atom stereocenters. The number of hydrogen-bond acceptors (Lipinski definition) is 2. The summed E-state index contributed by atoms with van der Waals surface area (Å²) in [6, 6.07) is 1.36. The number of hydrogen-bond donors (Lipinski definition) is 1. The molecule has 3 unspecified atom stereocenters. The van der Waals surface area contributed by atoms with E-state index in [-0.39, 0.29) is 11.5 Å². The molecule has 0 saturated carbocycles. The summed E-state index contributed by atoms with van der Waals surface area (Å²) >= 11 is 0. The summed E-state index contributed by atoms with van der Waals surface area (Å²) in [4.78, 5) is 2.55. The predicted molar refractivity (Wildman–Crippen MR) is 79.5 cm³/mol. The van der Waals surface area contributed by atoms with Crippen LogP contribution in [0.4, 0.5) is 0 Å². The van der Waals surface area contributed by atoms with Crippen molar-refractivity contribution in [2.75, 3.05) is 13.1 Å². The van der Waals surface area contributed by atoms with Crippen molar-refractivity contribution in [1.82, 2.24) is 10.2 Å². The van der Waals surface area contributed by atoms with Crippen molar-refractivity contribution in [1.29, 1.82) is 0 Å². The van der Waals surface area contributed by atoms with Crippen molar-refractivity contribution < 1.29 is 0 Å². The molecule has 0 aliphatic carbocycles. The highest BCUT2D eigenvalue weighted by molar-refractivity contribution is 5.06. The Hall–Kier alpha value is -0.520. The Labute approximate surface area is 114 Å². The normalized spacial score (nSPS) is 28.1. The minimum atomic E-state index is 0.266. The van der Waals surface area contributed by atoms with Crippen LogP contribution in [0.3, 0.4) is 0 Å². The number of terminal acetylenes is 1. The number of rotatable bonds is 3. The largest absolute Gasteiger partial charge is 0.311 e. The van der Waals surface area contributed by atoms with E-state index in [1.807, 2.05) is 0 Å². The standard InChI is InChI=1S/C16H30N2/c1-8-13-10-17-15(16(5,6)7)11-18(13)14(9-2)12(3)4/h2,12-15,17H,8,10-11H2,1,3-7H3. The minimum Gasteiger partial charge on any atom is -0.311 e. The quantitative estimate of drug-likeness (QED) is 0.775. The van der Waals surface area contributed by atoms with E-state index in [1.165, 1.54) is 0 Å². The monoisotopic (exact) mass is 250 g/mol. The molecule has 1 rings (SSSR count). The number of nitrogens with one attached hydrogen (secondary N) is 1. The fourth-order valence-corrected chi connectivity index (χ4v) is 2.79. The lowest BCUT2D eigenvalue weighted by molar-refractivity contribution is 0.0514. The molecule has 1 N–H and O–H groups in total. The van der Waals surface area contributed by atoms with Crippen molar-refractivity contribution in [3.05, 3.63) is 0 Å². The van der Waals surface area contributed by atoms with Gasteiger partial charge in [-0.25, -0.2) is 0 Å². The Kier molecular flexibility index (Phi) is 5.25. The molecular weight excluding hydrogens is 220 g/mol. The lowest BCUT2D eigenvalue weighted by Gasteiger charge is -2.47. The van der Waals surface area contributed by atoms with Gasteiger partial charge in [0, 0.05) is 25.2 Å². The van der Waals surface area contributed by atoms with Gasteiger partial charge >= 0.3 is 0 Å². The molecule has 0 spiro atoms. The van der Waals surface area contributed by atoms with E-state index in [0.29, 0.717) is 18.0 Å². The van der Waals surface area contributed by atoms with Crippen LogP contribution in [0.1, 0.15) is 48.0 Å². The Morgan fingerprint density at radius 2 is 2.00 bits per heavy atom. The van der Waals surface area contributed by atoms with Gasteiger partial charge in [-0.2, -0.15) is 0 Å². The van der Waals surface area contributed by atoms with Crippen LogP contribution in [0, 0.1) is 23.7 Å². The summed E-state index contributed by atoms with van der Waals surface area (Å²) in [6.45, 7) is 15.7. The van der Waals surface area contributed by atoms with Crippen LogP contribution in [0.25, 0.3) is 0 Å². The summed E-state index contributed by atoms with van der Waals surface area (Å²) in [5, 5.41) is 3.70. The molecule has 2 heteroatoms. The molecule has 0 aromatic heterocycles. The zero-order valence-corrected chi connectivity index (χ0v) is 13.0. The van der Waals surface area contributed by atoms with Crippen LogP contribution >= 0.6 is 0 Å². The highest BCUT2D eigenvalue weighted by atomic mass is 15.3. The number of nitrogens with zero attached hydrogens (tertiary/aromatic N) is 1. The first-order chi connectivity index (χ1) is 8.31. The van der Waals surface area contributed by atoms with Gasteiger partial charge in [-0.05, 0) is 17.8 Å². The highest BCUT2D eigenvalue weighted by Crippen LogP contribution is 2.27. The second kappa shape index (κ2) is 6.08. The SMILES string of the molecule is C#CC(C(C)C)N1CC(C(C)(C)C)NCC1CC. The van der Waals surface area contributed by atoms with Crippen LogP contribution in [-0.4, -0.2) is 36.1 Å². The molecule has 1 heterocycles. The van der Waals surface area contributed by atoms with Crippen LogP contribution in [0.15, 0.2) is 0 Å². The predicted octanol–water partition coefficient (Wildman–Crippen LogP) is 2.74. The van der Waals surface area contributed by atoms with Crippen molar-refractivity contribution in [3.8, 4) is 12.3 Å². The van der Waals surface area contributed by atoms with Crippen molar-refractivity contribution in [3.63, 3.8) is 0 Å².